The zero-order valence-electron chi connectivity index (χ0n) is 10.8. The van der Waals surface area contributed by atoms with E-state index in [9.17, 15) is 0 Å². The van der Waals surface area contributed by atoms with E-state index in [2.05, 4.69) is 54.9 Å². The monoisotopic (exact) mass is 400 g/mol. The van der Waals surface area contributed by atoms with Gasteiger partial charge >= 0.3 is 0 Å². The lowest BCUT2D eigenvalue weighted by atomic mass is 10.3. The van der Waals surface area contributed by atoms with E-state index in [1.807, 2.05) is 12.5 Å². The average Bonchev–Trinajstić information content (AvgIpc) is 3.04. The zero-order valence-corrected chi connectivity index (χ0v) is 13.8. The Labute approximate surface area is 135 Å². The summed E-state index contributed by atoms with van der Waals surface area (Å²) in [6.07, 6.45) is 6.40. The van der Waals surface area contributed by atoms with E-state index in [4.69, 9.17) is 16.6 Å². The van der Waals surface area contributed by atoms with Gasteiger partial charge in [-0.05, 0) is 40.8 Å². The molecule has 0 N–H and O–H groups in total. The van der Waals surface area contributed by atoms with Crippen molar-refractivity contribution in [1.82, 2.24) is 19.1 Å². The van der Waals surface area contributed by atoms with Gasteiger partial charge in [-0.1, -0.05) is 0 Å². The SMILES string of the molecule is ClCCc1nc2cc(I)ccc2n1CCn1ccnc1. The van der Waals surface area contributed by atoms with Crippen LogP contribution in [0.2, 0.25) is 0 Å². The van der Waals surface area contributed by atoms with E-state index >= 15 is 0 Å². The number of imidazole rings is 2. The minimum Gasteiger partial charge on any atom is -0.336 e. The van der Waals surface area contributed by atoms with Gasteiger partial charge in [0.1, 0.15) is 5.82 Å². The van der Waals surface area contributed by atoms with Crippen molar-refractivity contribution in [3.63, 3.8) is 0 Å². The number of aryl methyl sites for hydroxylation is 3. The average molecular weight is 401 g/mol. The first-order chi connectivity index (χ1) is 9.78. The van der Waals surface area contributed by atoms with Gasteiger partial charge in [-0.25, -0.2) is 9.97 Å². The van der Waals surface area contributed by atoms with Crippen LogP contribution >= 0.6 is 34.2 Å². The summed E-state index contributed by atoms with van der Waals surface area (Å²) in [5, 5.41) is 0. The molecule has 3 aromatic rings. The van der Waals surface area contributed by atoms with E-state index in [0.717, 1.165) is 30.9 Å². The topological polar surface area (TPSA) is 35.6 Å². The van der Waals surface area contributed by atoms with Crippen molar-refractivity contribution < 1.29 is 0 Å². The molecule has 0 aliphatic rings. The van der Waals surface area contributed by atoms with Crippen LogP contribution in [0.5, 0.6) is 0 Å². The number of fused-ring (bicyclic) bond motifs is 1. The minimum absolute atomic E-state index is 0.589. The Morgan fingerprint density at radius 2 is 2.15 bits per heavy atom. The Morgan fingerprint density at radius 3 is 2.90 bits per heavy atom. The van der Waals surface area contributed by atoms with Gasteiger partial charge in [0.2, 0.25) is 0 Å². The molecule has 0 aliphatic carbocycles. The summed E-state index contributed by atoms with van der Waals surface area (Å²) in [5.74, 6) is 1.64. The molecule has 4 nitrogen and oxygen atoms in total. The van der Waals surface area contributed by atoms with Crippen LogP contribution in [0.4, 0.5) is 0 Å². The fourth-order valence-electron chi connectivity index (χ4n) is 2.31. The second-order valence-corrected chi connectivity index (χ2v) is 6.18. The second kappa shape index (κ2) is 6.13. The van der Waals surface area contributed by atoms with Crippen LogP contribution in [0.3, 0.4) is 0 Å². The van der Waals surface area contributed by atoms with Crippen LogP contribution in [0.15, 0.2) is 36.9 Å². The smallest absolute Gasteiger partial charge is 0.111 e. The molecule has 2 aromatic heterocycles. The van der Waals surface area contributed by atoms with Crippen molar-refractivity contribution in [2.75, 3.05) is 5.88 Å². The van der Waals surface area contributed by atoms with Gasteiger partial charge < -0.3 is 9.13 Å². The molecule has 1 aromatic carbocycles. The highest BCUT2D eigenvalue weighted by Crippen LogP contribution is 2.20. The van der Waals surface area contributed by atoms with Crippen LogP contribution < -0.4 is 0 Å². The molecule has 3 rings (SSSR count). The molecule has 0 spiro atoms. The normalized spacial score (nSPS) is 11.3. The van der Waals surface area contributed by atoms with Crippen LogP contribution in [-0.2, 0) is 19.5 Å². The molecule has 0 radical (unpaired) electrons. The molecule has 0 atom stereocenters. The summed E-state index contributed by atoms with van der Waals surface area (Å²) in [7, 11) is 0. The molecule has 0 unspecified atom stereocenters. The minimum atomic E-state index is 0.589. The fraction of sp³-hybridized carbons (Fsp3) is 0.286. The molecule has 0 amide bonds. The van der Waals surface area contributed by atoms with Gasteiger partial charge in [-0.15, -0.1) is 11.6 Å². The van der Waals surface area contributed by atoms with Gasteiger partial charge in [-0.2, -0.15) is 0 Å². The first kappa shape index (κ1) is 13.9. The van der Waals surface area contributed by atoms with Crippen LogP contribution in [0.25, 0.3) is 11.0 Å². The van der Waals surface area contributed by atoms with Gasteiger partial charge in [0, 0.05) is 41.4 Å². The predicted molar refractivity (Wildman–Crippen MR) is 89.1 cm³/mol. The summed E-state index contributed by atoms with van der Waals surface area (Å²) >= 11 is 8.21. The van der Waals surface area contributed by atoms with E-state index in [-0.39, 0.29) is 0 Å². The van der Waals surface area contributed by atoms with Gasteiger partial charge in [0.15, 0.2) is 0 Å². The number of alkyl halides is 1. The highest BCUT2D eigenvalue weighted by molar-refractivity contribution is 14.1. The third-order valence-corrected chi connectivity index (χ3v) is 4.11. The summed E-state index contributed by atoms with van der Waals surface area (Å²) < 4.78 is 5.53. The molecular formula is C14H14ClIN4. The molecule has 0 bridgehead atoms. The molecule has 0 fully saturated rings. The Balaban J connectivity index is 1.95. The van der Waals surface area contributed by atoms with Crippen molar-refractivity contribution in [3.8, 4) is 0 Å². The Kier molecular flexibility index (Phi) is 4.26. The Bertz CT molecular complexity index is 705. The van der Waals surface area contributed by atoms with E-state index in [0.29, 0.717) is 5.88 Å². The number of benzene rings is 1. The molecule has 2 heterocycles. The molecule has 0 saturated carbocycles. The standard InChI is InChI=1S/C14H14ClIN4/c15-4-3-14-18-12-9-11(16)1-2-13(12)20(14)8-7-19-6-5-17-10-19/h1-2,5-6,9-10H,3-4,7-8H2. The number of nitrogens with zero attached hydrogens (tertiary/aromatic N) is 4. The number of halogens is 2. The Morgan fingerprint density at radius 1 is 1.25 bits per heavy atom. The number of hydrogen-bond acceptors (Lipinski definition) is 2. The summed E-state index contributed by atoms with van der Waals surface area (Å²) in [6.45, 7) is 1.76. The lowest BCUT2D eigenvalue weighted by Crippen LogP contribution is -2.09. The van der Waals surface area contributed by atoms with Crippen LogP contribution in [0, 0.1) is 3.57 Å². The number of rotatable bonds is 5. The molecule has 6 heteroatoms. The summed E-state index contributed by atoms with van der Waals surface area (Å²) in [6, 6.07) is 6.36. The number of aromatic nitrogens is 4. The molecular weight excluding hydrogens is 387 g/mol. The highest BCUT2D eigenvalue weighted by atomic mass is 127. The van der Waals surface area contributed by atoms with Crippen molar-refractivity contribution >= 4 is 45.2 Å². The third-order valence-electron chi connectivity index (χ3n) is 3.25. The largest absolute Gasteiger partial charge is 0.336 e. The molecule has 0 aliphatic heterocycles. The van der Waals surface area contributed by atoms with Crippen molar-refractivity contribution in [2.45, 2.75) is 19.5 Å². The van der Waals surface area contributed by atoms with Crippen molar-refractivity contribution in [3.05, 3.63) is 46.3 Å². The van der Waals surface area contributed by atoms with E-state index in [1.54, 1.807) is 6.20 Å². The zero-order chi connectivity index (χ0) is 13.9. The fourth-order valence-corrected chi connectivity index (χ4v) is 2.96. The lowest BCUT2D eigenvalue weighted by molar-refractivity contribution is 0.572. The van der Waals surface area contributed by atoms with Crippen LogP contribution in [0.1, 0.15) is 5.82 Å². The maximum atomic E-state index is 5.90. The first-order valence-corrected chi connectivity index (χ1v) is 8.05. The van der Waals surface area contributed by atoms with Gasteiger partial charge in [0.25, 0.3) is 0 Å². The quantitative estimate of drug-likeness (QED) is 0.486. The molecule has 0 saturated heterocycles. The maximum absolute atomic E-state index is 5.90. The maximum Gasteiger partial charge on any atom is 0.111 e. The van der Waals surface area contributed by atoms with Crippen LogP contribution in [-0.4, -0.2) is 25.0 Å². The van der Waals surface area contributed by atoms with E-state index in [1.165, 1.54) is 9.09 Å². The predicted octanol–water partition coefficient (Wildman–Crippen LogP) is 3.32. The van der Waals surface area contributed by atoms with Gasteiger partial charge in [-0.3, -0.25) is 0 Å². The molecule has 20 heavy (non-hydrogen) atoms. The van der Waals surface area contributed by atoms with Gasteiger partial charge in [0.05, 0.1) is 17.4 Å². The van der Waals surface area contributed by atoms with E-state index < -0.39 is 0 Å². The first-order valence-electron chi connectivity index (χ1n) is 6.44. The third kappa shape index (κ3) is 2.83. The summed E-state index contributed by atoms with van der Waals surface area (Å²) in [5.41, 5.74) is 2.22. The second-order valence-electron chi connectivity index (χ2n) is 4.55. The molecule has 104 valence electrons. The van der Waals surface area contributed by atoms with Crippen molar-refractivity contribution in [2.24, 2.45) is 0 Å². The number of hydrogen-bond donors (Lipinski definition) is 0. The van der Waals surface area contributed by atoms with Crippen molar-refractivity contribution in [1.29, 1.82) is 0 Å². The highest BCUT2D eigenvalue weighted by Gasteiger charge is 2.10. The lowest BCUT2D eigenvalue weighted by Gasteiger charge is -2.09. The Hall–Kier alpha value is -1.08. The summed E-state index contributed by atoms with van der Waals surface area (Å²) in [4.78, 5) is 8.78.